The van der Waals surface area contributed by atoms with Crippen molar-refractivity contribution in [2.45, 2.75) is 11.5 Å². The molecule has 2 aliphatic rings. The van der Waals surface area contributed by atoms with Gasteiger partial charge < -0.3 is 14.9 Å². The van der Waals surface area contributed by atoms with Crippen molar-refractivity contribution in [1.29, 1.82) is 5.26 Å². The molecule has 2 aliphatic heterocycles. The molecule has 2 saturated heterocycles. The van der Waals surface area contributed by atoms with Crippen LogP contribution in [0.1, 0.15) is 27.4 Å². The van der Waals surface area contributed by atoms with Crippen molar-refractivity contribution in [1.82, 2.24) is 9.88 Å². The van der Waals surface area contributed by atoms with Crippen molar-refractivity contribution in [2.75, 3.05) is 29.9 Å². The van der Waals surface area contributed by atoms with Crippen LogP contribution in [0.2, 0.25) is 10.0 Å². The predicted molar refractivity (Wildman–Crippen MR) is 137 cm³/mol. The number of anilines is 2. The van der Waals surface area contributed by atoms with Crippen LogP contribution in [0.5, 0.6) is 0 Å². The van der Waals surface area contributed by atoms with Crippen molar-refractivity contribution >= 4 is 52.6 Å². The second-order valence-electron chi connectivity index (χ2n) is 8.91. The second kappa shape index (κ2) is 9.07. The van der Waals surface area contributed by atoms with E-state index in [1.165, 1.54) is 35.4 Å². The molecule has 1 aromatic heterocycles. The number of amides is 3. The summed E-state index contributed by atoms with van der Waals surface area (Å²) in [4.78, 5) is 47.7. The first kappa shape index (κ1) is 24.6. The monoisotopic (exact) mass is 535 g/mol. The minimum Gasteiger partial charge on any atom is -0.478 e. The van der Waals surface area contributed by atoms with Crippen LogP contribution in [0.4, 0.5) is 16.3 Å². The number of halogens is 2. The van der Waals surface area contributed by atoms with Gasteiger partial charge in [-0.25, -0.2) is 19.5 Å². The Bertz CT molecular complexity index is 1450. The summed E-state index contributed by atoms with van der Waals surface area (Å²) in [5.74, 6) is -1.56. The van der Waals surface area contributed by atoms with Crippen LogP contribution in [-0.2, 0) is 4.79 Å². The summed E-state index contributed by atoms with van der Waals surface area (Å²) >= 11 is 12.3. The highest BCUT2D eigenvalue weighted by atomic mass is 35.5. The number of carboxylic acids is 1. The third kappa shape index (κ3) is 3.95. The topological polar surface area (TPSA) is 118 Å². The first-order chi connectivity index (χ1) is 17.6. The Morgan fingerprint density at radius 3 is 2.35 bits per heavy atom. The Labute approximate surface area is 222 Å². The van der Waals surface area contributed by atoms with Gasteiger partial charge in [0.05, 0.1) is 29.4 Å². The van der Waals surface area contributed by atoms with Gasteiger partial charge in [-0.2, -0.15) is 5.26 Å². The number of hydrogen-bond acceptors (Lipinski definition) is 6. The zero-order valence-electron chi connectivity index (χ0n) is 19.4. The maximum absolute atomic E-state index is 14.2. The van der Waals surface area contributed by atoms with Crippen LogP contribution >= 0.6 is 23.2 Å². The van der Waals surface area contributed by atoms with E-state index in [0.29, 0.717) is 17.9 Å². The van der Waals surface area contributed by atoms with Crippen LogP contribution in [0.15, 0.2) is 60.8 Å². The average Bonchev–Trinajstić information content (AvgIpc) is 3.37. The quantitative estimate of drug-likeness (QED) is 0.491. The SMILES string of the molecule is CN1C(=O)N(c2cc(Cl)cc(Cl)c2)C(=O)[C@]12CN(c1ccc(C(=O)O)cn1)CC2c1ccc(C#N)cc1. The number of urea groups is 1. The number of aromatic nitrogens is 1. The van der Waals surface area contributed by atoms with Gasteiger partial charge in [-0.15, -0.1) is 0 Å². The summed E-state index contributed by atoms with van der Waals surface area (Å²) in [6.07, 6.45) is 1.25. The molecule has 3 amide bonds. The minimum atomic E-state index is -1.31. The molecule has 37 heavy (non-hydrogen) atoms. The molecular formula is C26H19Cl2N5O4. The lowest BCUT2D eigenvalue weighted by Crippen LogP contribution is -2.53. The third-order valence-electron chi connectivity index (χ3n) is 6.93. The number of rotatable bonds is 4. The summed E-state index contributed by atoms with van der Waals surface area (Å²) in [6, 6.07) is 16.0. The molecule has 0 bridgehead atoms. The van der Waals surface area contributed by atoms with Crippen molar-refractivity contribution < 1.29 is 19.5 Å². The fourth-order valence-electron chi connectivity index (χ4n) is 5.08. The van der Waals surface area contributed by atoms with E-state index in [2.05, 4.69) is 11.1 Å². The molecule has 5 rings (SSSR count). The van der Waals surface area contributed by atoms with E-state index in [1.54, 1.807) is 37.4 Å². The van der Waals surface area contributed by atoms with E-state index in [9.17, 15) is 24.8 Å². The van der Waals surface area contributed by atoms with E-state index in [-0.39, 0.29) is 27.8 Å². The molecule has 2 atom stereocenters. The van der Waals surface area contributed by atoms with E-state index < -0.39 is 29.4 Å². The number of aromatic carboxylic acids is 1. The molecule has 186 valence electrons. The molecule has 0 aliphatic carbocycles. The van der Waals surface area contributed by atoms with Crippen LogP contribution in [-0.4, -0.2) is 58.6 Å². The van der Waals surface area contributed by atoms with Gasteiger partial charge in [-0.3, -0.25) is 4.79 Å². The number of carbonyl (C=O) groups is 3. The molecule has 2 aromatic carbocycles. The van der Waals surface area contributed by atoms with Crippen LogP contribution in [0.25, 0.3) is 0 Å². The molecule has 0 radical (unpaired) electrons. The molecule has 9 nitrogen and oxygen atoms in total. The van der Waals surface area contributed by atoms with Crippen molar-refractivity contribution in [3.63, 3.8) is 0 Å². The lowest BCUT2D eigenvalue weighted by atomic mass is 9.80. The highest BCUT2D eigenvalue weighted by Crippen LogP contribution is 2.47. The second-order valence-corrected chi connectivity index (χ2v) is 9.78. The number of hydrogen-bond donors (Lipinski definition) is 1. The first-order valence-corrected chi connectivity index (χ1v) is 11.9. The average molecular weight is 536 g/mol. The van der Waals surface area contributed by atoms with Gasteiger partial charge in [0.15, 0.2) is 0 Å². The maximum atomic E-state index is 14.2. The van der Waals surface area contributed by atoms with Crippen LogP contribution in [0, 0.1) is 11.3 Å². The van der Waals surface area contributed by atoms with Gasteiger partial charge >= 0.3 is 12.0 Å². The fraction of sp³-hybridized carbons (Fsp3) is 0.192. The Morgan fingerprint density at radius 2 is 1.78 bits per heavy atom. The highest BCUT2D eigenvalue weighted by molar-refractivity contribution is 6.36. The van der Waals surface area contributed by atoms with E-state index in [1.807, 2.05) is 4.90 Å². The van der Waals surface area contributed by atoms with Gasteiger partial charge in [-0.1, -0.05) is 35.3 Å². The van der Waals surface area contributed by atoms with Crippen molar-refractivity contribution in [3.8, 4) is 6.07 Å². The molecule has 1 N–H and O–H groups in total. The normalized spacial score (nSPS) is 21.1. The number of pyridine rings is 1. The van der Waals surface area contributed by atoms with E-state index in [0.717, 1.165) is 10.5 Å². The van der Waals surface area contributed by atoms with Crippen LogP contribution in [0.3, 0.4) is 0 Å². The van der Waals surface area contributed by atoms with Gasteiger partial charge in [0.2, 0.25) is 0 Å². The minimum absolute atomic E-state index is 0.0366. The number of carboxylic acid groups (broad SMARTS) is 1. The molecule has 1 spiro atoms. The largest absolute Gasteiger partial charge is 0.478 e. The van der Waals surface area contributed by atoms with Crippen molar-refractivity contribution in [3.05, 3.63) is 87.5 Å². The molecular weight excluding hydrogens is 517 g/mol. The van der Waals surface area contributed by atoms with Crippen LogP contribution < -0.4 is 9.80 Å². The zero-order valence-corrected chi connectivity index (χ0v) is 20.9. The maximum Gasteiger partial charge on any atom is 0.337 e. The number of nitriles is 1. The fourth-order valence-corrected chi connectivity index (χ4v) is 5.59. The Hall–Kier alpha value is -4.13. The summed E-state index contributed by atoms with van der Waals surface area (Å²) < 4.78 is 0. The van der Waals surface area contributed by atoms with E-state index >= 15 is 0 Å². The van der Waals surface area contributed by atoms with Gasteiger partial charge in [0, 0.05) is 35.8 Å². The summed E-state index contributed by atoms with van der Waals surface area (Å²) in [7, 11) is 1.58. The van der Waals surface area contributed by atoms with Crippen molar-refractivity contribution in [2.24, 2.45) is 0 Å². The van der Waals surface area contributed by atoms with Gasteiger partial charge in [0.25, 0.3) is 5.91 Å². The summed E-state index contributed by atoms with van der Waals surface area (Å²) in [5.41, 5.74) is 0.220. The molecule has 0 saturated carbocycles. The molecule has 3 aromatic rings. The molecule has 2 fully saturated rings. The lowest BCUT2D eigenvalue weighted by Gasteiger charge is -2.33. The Kier molecular flexibility index (Phi) is 6.02. The van der Waals surface area contributed by atoms with E-state index in [4.69, 9.17) is 23.2 Å². The summed E-state index contributed by atoms with van der Waals surface area (Å²) in [6.45, 7) is 0.432. The Morgan fingerprint density at radius 1 is 1.11 bits per heavy atom. The number of carbonyl (C=O) groups excluding carboxylic acids is 2. The first-order valence-electron chi connectivity index (χ1n) is 11.2. The smallest absolute Gasteiger partial charge is 0.337 e. The Balaban J connectivity index is 1.61. The number of benzene rings is 2. The summed E-state index contributed by atoms with van der Waals surface area (Å²) in [5, 5.41) is 19.0. The van der Waals surface area contributed by atoms with Gasteiger partial charge in [-0.05, 0) is 48.0 Å². The number of nitrogens with zero attached hydrogens (tertiary/aromatic N) is 5. The molecule has 1 unspecified atom stereocenters. The number of likely N-dealkylation sites (N-methyl/N-ethyl adjacent to an activating group) is 1. The molecule has 3 heterocycles. The molecule has 11 heteroatoms. The highest BCUT2D eigenvalue weighted by Gasteiger charge is 2.64. The van der Waals surface area contributed by atoms with Gasteiger partial charge in [0.1, 0.15) is 11.4 Å². The standard InChI is InChI=1S/C26H19Cl2N5O4/c1-31-25(37)33(20-9-18(27)8-19(28)10-20)24(36)26(31)14-32(22-7-6-17(12-30-22)23(34)35)13-21(26)16-4-2-15(11-29)3-5-16/h2-10,12,21H,13-14H2,1H3,(H,34,35)/t21?,26-/m1/s1. The lowest BCUT2D eigenvalue weighted by molar-refractivity contribution is -0.124. The number of imide groups is 1. The third-order valence-corrected chi connectivity index (χ3v) is 7.36. The zero-order chi connectivity index (χ0) is 26.5. The predicted octanol–water partition coefficient (Wildman–Crippen LogP) is 4.40.